The van der Waals surface area contributed by atoms with Crippen LogP contribution in [0.4, 0.5) is 4.39 Å². The number of rotatable bonds is 8. The molecule has 0 aliphatic rings. The van der Waals surface area contributed by atoms with Gasteiger partial charge in [-0.05, 0) is 36.2 Å². The Kier molecular flexibility index (Phi) is 6.34. The summed E-state index contributed by atoms with van der Waals surface area (Å²) in [6, 6.07) is 11.8. The lowest BCUT2D eigenvalue weighted by Gasteiger charge is -2.26. The Labute approximate surface area is 173 Å². The summed E-state index contributed by atoms with van der Waals surface area (Å²) in [6.45, 7) is 2.74. The molecule has 2 aromatic carbocycles. The normalized spacial score (nSPS) is 12.1. The van der Waals surface area contributed by atoms with Crippen LogP contribution in [-0.4, -0.2) is 32.9 Å². The number of hydrogen-bond donors (Lipinski definition) is 1. The molecule has 30 heavy (non-hydrogen) atoms. The third kappa shape index (κ3) is 4.12. The second-order valence-electron chi connectivity index (χ2n) is 7.19. The summed E-state index contributed by atoms with van der Waals surface area (Å²) in [5, 5.41) is 0. The molecular weight excluding hydrogens is 387 g/mol. The number of nitrogens with zero attached hydrogens (tertiary/aromatic N) is 3. The van der Waals surface area contributed by atoms with Gasteiger partial charge in [0.15, 0.2) is 0 Å². The smallest absolute Gasteiger partial charge is 0.329 e. The van der Waals surface area contributed by atoms with Crippen molar-refractivity contribution in [3.05, 3.63) is 70.4 Å². The number of carbonyl (C=O) groups is 2. The highest BCUT2D eigenvalue weighted by Crippen LogP contribution is 2.21. The van der Waals surface area contributed by atoms with Crippen LogP contribution in [0.5, 0.6) is 0 Å². The van der Waals surface area contributed by atoms with Gasteiger partial charge in [-0.3, -0.25) is 18.7 Å². The van der Waals surface area contributed by atoms with Crippen LogP contribution in [-0.2, 0) is 22.7 Å². The monoisotopic (exact) mass is 412 g/mol. The molecule has 1 atom stereocenters. The van der Waals surface area contributed by atoms with Crippen LogP contribution in [0.2, 0.25) is 0 Å². The number of halogens is 1. The molecular formula is C22H25FN4O3. The van der Waals surface area contributed by atoms with E-state index >= 15 is 0 Å². The molecule has 7 nitrogen and oxygen atoms in total. The number of para-hydroxylation sites is 2. The van der Waals surface area contributed by atoms with Gasteiger partial charge in [0.05, 0.1) is 11.0 Å². The highest BCUT2D eigenvalue weighted by Gasteiger charge is 2.27. The van der Waals surface area contributed by atoms with Gasteiger partial charge in [-0.25, -0.2) is 9.18 Å². The summed E-state index contributed by atoms with van der Waals surface area (Å²) in [5.74, 6) is -1.65. The Morgan fingerprint density at radius 3 is 2.27 bits per heavy atom. The fraction of sp³-hybridized carbons (Fsp3) is 0.318. The van der Waals surface area contributed by atoms with Crippen molar-refractivity contribution in [1.82, 2.24) is 14.0 Å². The molecule has 1 aromatic heterocycles. The number of aryl methyl sites for hydroxylation is 2. The topological polar surface area (TPSA) is 90.3 Å². The molecule has 1 unspecified atom stereocenters. The first-order valence-corrected chi connectivity index (χ1v) is 9.83. The fourth-order valence-electron chi connectivity index (χ4n) is 3.71. The van der Waals surface area contributed by atoms with Gasteiger partial charge in [-0.1, -0.05) is 31.2 Å². The van der Waals surface area contributed by atoms with Crippen molar-refractivity contribution in [3.63, 3.8) is 0 Å². The van der Waals surface area contributed by atoms with Crippen molar-refractivity contribution in [2.45, 2.75) is 38.9 Å². The van der Waals surface area contributed by atoms with Crippen LogP contribution >= 0.6 is 0 Å². The first kappa shape index (κ1) is 21.3. The van der Waals surface area contributed by atoms with E-state index in [0.29, 0.717) is 12.1 Å². The van der Waals surface area contributed by atoms with E-state index in [1.807, 2.05) is 31.2 Å². The summed E-state index contributed by atoms with van der Waals surface area (Å²) >= 11 is 0. The van der Waals surface area contributed by atoms with Gasteiger partial charge >= 0.3 is 5.69 Å². The van der Waals surface area contributed by atoms with E-state index in [1.165, 1.54) is 30.1 Å². The van der Waals surface area contributed by atoms with E-state index in [9.17, 15) is 18.8 Å². The zero-order valence-corrected chi connectivity index (χ0v) is 17.0. The van der Waals surface area contributed by atoms with Crippen molar-refractivity contribution < 1.29 is 14.0 Å². The van der Waals surface area contributed by atoms with Gasteiger partial charge in [0.1, 0.15) is 11.9 Å². The Hall–Kier alpha value is -3.42. The van der Waals surface area contributed by atoms with Crippen LogP contribution < -0.4 is 11.4 Å². The third-order valence-electron chi connectivity index (χ3n) is 5.14. The quantitative estimate of drug-likeness (QED) is 0.616. The van der Waals surface area contributed by atoms with E-state index in [2.05, 4.69) is 0 Å². The number of nitrogens with two attached hydrogens (primary N) is 1. The lowest BCUT2D eigenvalue weighted by molar-refractivity contribution is -0.138. The fourth-order valence-corrected chi connectivity index (χ4v) is 3.71. The molecule has 3 aromatic rings. The third-order valence-corrected chi connectivity index (χ3v) is 5.14. The minimum absolute atomic E-state index is 0.00433. The van der Waals surface area contributed by atoms with Crippen molar-refractivity contribution in [2.24, 2.45) is 5.73 Å². The zero-order chi connectivity index (χ0) is 21.8. The summed E-state index contributed by atoms with van der Waals surface area (Å²) in [5.41, 5.74) is 7.18. The van der Waals surface area contributed by atoms with E-state index in [0.717, 1.165) is 17.5 Å². The molecule has 0 aliphatic heterocycles. The minimum atomic E-state index is -1.09. The summed E-state index contributed by atoms with van der Waals surface area (Å²) in [4.78, 5) is 38.8. The van der Waals surface area contributed by atoms with Crippen molar-refractivity contribution in [2.75, 3.05) is 7.05 Å². The van der Waals surface area contributed by atoms with Gasteiger partial charge in [-0.15, -0.1) is 0 Å². The number of benzene rings is 2. The number of amides is 2. The number of aromatic nitrogens is 2. The average molecular weight is 412 g/mol. The van der Waals surface area contributed by atoms with Crippen LogP contribution in [0.1, 0.15) is 31.4 Å². The van der Waals surface area contributed by atoms with Gasteiger partial charge in [0.2, 0.25) is 11.8 Å². The van der Waals surface area contributed by atoms with Gasteiger partial charge in [-0.2, -0.15) is 0 Å². The van der Waals surface area contributed by atoms with Crippen LogP contribution in [0, 0.1) is 5.82 Å². The number of hydrogen-bond acceptors (Lipinski definition) is 3. The van der Waals surface area contributed by atoms with E-state index in [-0.39, 0.29) is 24.6 Å². The maximum atomic E-state index is 13.6. The SMILES string of the molecule is CCCn1c(=O)n(CCC(=O)N(C)C(C(N)=O)c2cccc(F)c2)c2ccccc21. The van der Waals surface area contributed by atoms with E-state index < -0.39 is 17.8 Å². The minimum Gasteiger partial charge on any atom is -0.368 e. The number of imidazole rings is 1. The Bertz CT molecular complexity index is 1130. The average Bonchev–Trinajstić information content (AvgIpc) is 2.97. The molecule has 0 saturated heterocycles. The number of fused-ring (bicyclic) bond motifs is 1. The molecule has 3 rings (SSSR count). The molecule has 0 saturated carbocycles. The lowest BCUT2D eigenvalue weighted by atomic mass is 10.0. The molecule has 1 heterocycles. The van der Waals surface area contributed by atoms with E-state index in [4.69, 9.17) is 5.73 Å². The number of likely N-dealkylation sites (N-methyl/N-ethyl adjacent to an activating group) is 1. The molecule has 0 aliphatic carbocycles. The summed E-state index contributed by atoms with van der Waals surface area (Å²) < 4.78 is 16.9. The zero-order valence-electron chi connectivity index (χ0n) is 17.0. The Morgan fingerprint density at radius 1 is 1.07 bits per heavy atom. The molecule has 2 N–H and O–H groups in total. The molecule has 0 radical (unpaired) electrons. The van der Waals surface area contributed by atoms with Crippen molar-refractivity contribution in [1.29, 1.82) is 0 Å². The maximum absolute atomic E-state index is 13.6. The Balaban J connectivity index is 1.83. The number of primary amides is 1. The molecule has 0 spiro atoms. The van der Waals surface area contributed by atoms with Gasteiger partial charge < -0.3 is 10.6 Å². The Morgan fingerprint density at radius 2 is 1.70 bits per heavy atom. The van der Waals surface area contributed by atoms with E-state index in [1.54, 1.807) is 15.2 Å². The van der Waals surface area contributed by atoms with Gasteiger partial charge in [0, 0.05) is 26.6 Å². The van der Waals surface area contributed by atoms with Crippen molar-refractivity contribution in [3.8, 4) is 0 Å². The van der Waals surface area contributed by atoms with Crippen LogP contribution in [0.15, 0.2) is 53.3 Å². The second-order valence-corrected chi connectivity index (χ2v) is 7.19. The molecule has 8 heteroatoms. The van der Waals surface area contributed by atoms with Crippen LogP contribution in [0.25, 0.3) is 11.0 Å². The highest BCUT2D eigenvalue weighted by molar-refractivity contribution is 5.87. The molecule has 2 amide bonds. The number of carbonyl (C=O) groups excluding carboxylic acids is 2. The lowest BCUT2D eigenvalue weighted by Crippen LogP contribution is -2.39. The predicted molar refractivity (Wildman–Crippen MR) is 112 cm³/mol. The summed E-state index contributed by atoms with van der Waals surface area (Å²) in [7, 11) is 1.45. The predicted octanol–water partition coefficient (Wildman–Crippen LogP) is 2.43. The molecule has 0 fully saturated rings. The highest BCUT2D eigenvalue weighted by atomic mass is 19.1. The maximum Gasteiger partial charge on any atom is 0.329 e. The standard InChI is InChI=1S/C22H25FN4O3/c1-3-12-26-17-9-4-5-10-18(17)27(22(26)30)13-11-19(28)25(2)20(21(24)29)15-7-6-8-16(23)14-15/h4-10,14,20H,3,11-13H2,1-2H3,(H2,24,29). The van der Waals surface area contributed by atoms with Crippen molar-refractivity contribution >= 4 is 22.8 Å². The molecule has 0 bridgehead atoms. The second kappa shape index (κ2) is 8.94. The molecule has 158 valence electrons. The largest absolute Gasteiger partial charge is 0.368 e. The first-order valence-electron chi connectivity index (χ1n) is 9.83. The van der Waals surface area contributed by atoms with Crippen LogP contribution in [0.3, 0.4) is 0 Å². The van der Waals surface area contributed by atoms with Gasteiger partial charge in [0.25, 0.3) is 0 Å². The summed E-state index contributed by atoms with van der Waals surface area (Å²) in [6.07, 6.45) is 0.805. The first-order chi connectivity index (χ1) is 14.3.